The maximum atomic E-state index is 12.2. The van der Waals surface area contributed by atoms with E-state index >= 15 is 0 Å². The molecule has 23 heavy (non-hydrogen) atoms. The molecule has 0 unspecified atom stereocenters. The molecule has 1 N–H and O–H groups in total. The molecule has 0 spiro atoms. The number of likely N-dealkylation sites (tertiary alicyclic amines) is 1. The summed E-state index contributed by atoms with van der Waals surface area (Å²) in [7, 11) is 0. The fourth-order valence-electron chi connectivity index (χ4n) is 2.99. The minimum absolute atomic E-state index is 0.220. The summed E-state index contributed by atoms with van der Waals surface area (Å²) < 4.78 is 5.43. The fourth-order valence-corrected chi connectivity index (χ4v) is 2.99. The van der Waals surface area contributed by atoms with E-state index in [0.29, 0.717) is 19.1 Å². The van der Waals surface area contributed by atoms with Crippen LogP contribution in [0.1, 0.15) is 25.3 Å². The van der Waals surface area contributed by atoms with Gasteiger partial charge < -0.3 is 19.6 Å². The molecular formula is C18H28N2O3. The number of hydrogen-bond donors (Lipinski definition) is 1. The Morgan fingerprint density at radius 2 is 2.00 bits per heavy atom. The molecule has 0 bridgehead atoms. The van der Waals surface area contributed by atoms with Gasteiger partial charge in [0.25, 0.3) is 0 Å². The standard InChI is InChI=1S/C18H28N2O3/c1-2-20(14-16-8-10-19(11-9-16)12-13-21)18(22)23-15-17-6-4-3-5-7-17/h3-7,16,21H,2,8-15H2,1H3. The number of carbonyl (C=O) groups excluding carboxylic acids is 1. The Labute approximate surface area is 138 Å². The number of aliphatic hydroxyl groups is 1. The lowest BCUT2D eigenvalue weighted by atomic mass is 9.96. The lowest BCUT2D eigenvalue weighted by Crippen LogP contribution is -2.41. The zero-order valence-corrected chi connectivity index (χ0v) is 14.0. The molecule has 1 amide bonds. The Balaban J connectivity index is 1.75. The van der Waals surface area contributed by atoms with E-state index < -0.39 is 0 Å². The van der Waals surface area contributed by atoms with Gasteiger partial charge in [-0.3, -0.25) is 0 Å². The van der Waals surface area contributed by atoms with E-state index in [1.54, 1.807) is 4.90 Å². The molecule has 1 aromatic rings. The highest BCUT2D eigenvalue weighted by atomic mass is 16.6. The zero-order chi connectivity index (χ0) is 16.5. The van der Waals surface area contributed by atoms with Crippen LogP contribution in [0.3, 0.4) is 0 Å². The van der Waals surface area contributed by atoms with Gasteiger partial charge in [-0.15, -0.1) is 0 Å². The fraction of sp³-hybridized carbons (Fsp3) is 0.611. The van der Waals surface area contributed by atoms with Crippen LogP contribution in [-0.2, 0) is 11.3 Å². The zero-order valence-electron chi connectivity index (χ0n) is 14.0. The summed E-state index contributed by atoms with van der Waals surface area (Å²) in [5.74, 6) is 0.522. The average Bonchev–Trinajstić information content (AvgIpc) is 2.60. The molecular weight excluding hydrogens is 292 g/mol. The van der Waals surface area contributed by atoms with E-state index in [0.717, 1.165) is 44.6 Å². The molecule has 1 saturated heterocycles. The Morgan fingerprint density at radius 3 is 2.61 bits per heavy atom. The normalized spacial score (nSPS) is 16.3. The maximum absolute atomic E-state index is 12.2. The van der Waals surface area contributed by atoms with Crippen LogP contribution < -0.4 is 0 Å². The van der Waals surface area contributed by atoms with Crippen LogP contribution in [0, 0.1) is 5.92 Å². The van der Waals surface area contributed by atoms with Crippen molar-refractivity contribution in [2.75, 3.05) is 39.3 Å². The molecule has 1 aliphatic rings. The third-order valence-electron chi connectivity index (χ3n) is 4.45. The molecule has 128 valence electrons. The van der Waals surface area contributed by atoms with E-state index in [9.17, 15) is 4.79 Å². The highest BCUT2D eigenvalue weighted by Gasteiger charge is 2.23. The molecule has 0 radical (unpaired) electrons. The summed E-state index contributed by atoms with van der Waals surface area (Å²) in [6, 6.07) is 9.76. The highest BCUT2D eigenvalue weighted by molar-refractivity contribution is 5.67. The number of aliphatic hydroxyl groups excluding tert-OH is 1. The smallest absolute Gasteiger partial charge is 0.410 e. The largest absolute Gasteiger partial charge is 0.445 e. The van der Waals surface area contributed by atoms with Gasteiger partial charge in [0.2, 0.25) is 0 Å². The molecule has 5 nitrogen and oxygen atoms in total. The Bertz CT molecular complexity index is 459. The first kappa shape index (κ1) is 17.8. The second-order valence-corrected chi connectivity index (χ2v) is 6.09. The van der Waals surface area contributed by atoms with Crippen molar-refractivity contribution in [3.05, 3.63) is 35.9 Å². The van der Waals surface area contributed by atoms with Gasteiger partial charge >= 0.3 is 6.09 Å². The van der Waals surface area contributed by atoms with Gasteiger partial charge in [-0.1, -0.05) is 30.3 Å². The number of rotatable bonds is 7. The van der Waals surface area contributed by atoms with Gasteiger partial charge in [0.15, 0.2) is 0 Å². The van der Waals surface area contributed by atoms with E-state index in [4.69, 9.17) is 9.84 Å². The molecule has 5 heteroatoms. The second-order valence-electron chi connectivity index (χ2n) is 6.09. The quantitative estimate of drug-likeness (QED) is 0.838. The highest BCUT2D eigenvalue weighted by Crippen LogP contribution is 2.18. The molecule has 2 rings (SSSR count). The van der Waals surface area contributed by atoms with Gasteiger partial charge in [0.1, 0.15) is 6.61 Å². The first-order chi connectivity index (χ1) is 11.2. The van der Waals surface area contributed by atoms with Crippen molar-refractivity contribution >= 4 is 6.09 Å². The minimum Gasteiger partial charge on any atom is -0.445 e. The number of benzene rings is 1. The molecule has 1 aromatic carbocycles. The van der Waals surface area contributed by atoms with Crippen LogP contribution in [0.2, 0.25) is 0 Å². The van der Waals surface area contributed by atoms with Crippen molar-refractivity contribution in [1.82, 2.24) is 9.80 Å². The Hall–Kier alpha value is -1.59. The van der Waals surface area contributed by atoms with Crippen LogP contribution in [0.15, 0.2) is 30.3 Å². The van der Waals surface area contributed by atoms with Crippen LogP contribution in [0.25, 0.3) is 0 Å². The van der Waals surface area contributed by atoms with E-state index in [2.05, 4.69) is 4.90 Å². The SMILES string of the molecule is CCN(CC1CCN(CCO)CC1)C(=O)OCc1ccccc1. The van der Waals surface area contributed by atoms with Crippen molar-refractivity contribution in [2.24, 2.45) is 5.92 Å². The first-order valence-electron chi connectivity index (χ1n) is 8.51. The molecule has 0 aromatic heterocycles. The van der Waals surface area contributed by atoms with E-state index in [-0.39, 0.29) is 12.7 Å². The Morgan fingerprint density at radius 1 is 1.30 bits per heavy atom. The summed E-state index contributed by atoms with van der Waals surface area (Å²) in [4.78, 5) is 16.3. The van der Waals surface area contributed by atoms with Crippen LogP contribution >= 0.6 is 0 Å². The number of carbonyl (C=O) groups is 1. The number of piperidine rings is 1. The topological polar surface area (TPSA) is 53.0 Å². The summed E-state index contributed by atoms with van der Waals surface area (Å²) in [5.41, 5.74) is 1.01. The summed E-state index contributed by atoms with van der Waals surface area (Å²) in [5, 5.41) is 8.98. The van der Waals surface area contributed by atoms with Crippen LogP contribution in [0.4, 0.5) is 4.79 Å². The molecule has 1 heterocycles. The summed E-state index contributed by atoms with van der Waals surface area (Å²) >= 11 is 0. The van der Waals surface area contributed by atoms with Crippen LogP contribution in [-0.4, -0.2) is 60.3 Å². The Kier molecular flexibility index (Phi) is 7.36. The third kappa shape index (κ3) is 5.84. The molecule has 1 aliphatic heterocycles. The van der Waals surface area contributed by atoms with Crippen molar-refractivity contribution in [3.63, 3.8) is 0 Å². The average molecular weight is 320 g/mol. The first-order valence-corrected chi connectivity index (χ1v) is 8.51. The molecule has 1 fully saturated rings. The number of β-amino-alcohol motifs (C(OH)–C–C–N with tert-alkyl or cyclic N) is 1. The molecule has 0 atom stereocenters. The molecule has 0 aliphatic carbocycles. The lowest BCUT2D eigenvalue weighted by molar-refractivity contribution is 0.0814. The number of amides is 1. The number of hydrogen-bond acceptors (Lipinski definition) is 4. The number of nitrogens with zero attached hydrogens (tertiary/aromatic N) is 2. The minimum atomic E-state index is -0.228. The van der Waals surface area contributed by atoms with Crippen molar-refractivity contribution in [2.45, 2.75) is 26.4 Å². The lowest BCUT2D eigenvalue weighted by Gasteiger charge is -2.34. The van der Waals surface area contributed by atoms with Gasteiger partial charge in [-0.2, -0.15) is 0 Å². The third-order valence-corrected chi connectivity index (χ3v) is 4.45. The van der Waals surface area contributed by atoms with Gasteiger partial charge in [-0.05, 0) is 44.3 Å². The monoisotopic (exact) mass is 320 g/mol. The van der Waals surface area contributed by atoms with E-state index in [1.165, 1.54) is 0 Å². The number of ether oxygens (including phenoxy) is 1. The van der Waals surface area contributed by atoms with E-state index in [1.807, 2.05) is 37.3 Å². The predicted molar refractivity (Wildman–Crippen MR) is 90.1 cm³/mol. The van der Waals surface area contributed by atoms with Crippen molar-refractivity contribution in [3.8, 4) is 0 Å². The second kappa shape index (κ2) is 9.53. The maximum Gasteiger partial charge on any atom is 0.410 e. The van der Waals surface area contributed by atoms with Gasteiger partial charge in [0, 0.05) is 19.6 Å². The van der Waals surface area contributed by atoms with Gasteiger partial charge in [0.05, 0.1) is 6.61 Å². The van der Waals surface area contributed by atoms with Gasteiger partial charge in [-0.25, -0.2) is 4.79 Å². The van der Waals surface area contributed by atoms with Crippen molar-refractivity contribution in [1.29, 1.82) is 0 Å². The van der Waals surface area contributed by atoms with Crippen LogP contribution in [0.5, 0.6) is 0 Å². The molecule has 0 saturated carbocycles. The summed E-state index contributed by atoms with van der Waals surface area (Å²) in [6.45, 7) is 6.72. The predicted octanol–water partition coefficient (Wildman–Crippen LogP) is 2.35. The summed E-state index contributed by atoms with van der Waals surface area (Å²) in [6.07, 6.45) is 1.92. The van der Waals surface area contributed by atoms with Crippen molar-refractivity contribution < 1.29 is 14.6 Å².